The van der Waals surface area contributed by atoms with Crippen molar-refractivity contribution in [2.45, 2.75) is 57.5 Å². The van der Waals surface area contributed by atoms with Crippen LogP contribution in [0.15, 0.2) is 24.3 Å². The molecular formula is C21H24F4O3. The van der Waals surface area contributed by atoms with Gasteiger partial charge >= 0.3 is 12.1 Å². The molecule has 1 aliphatic rings. The fourth-order valence-corrected chi connectivity index (χ4v) is 3.68. The van der Waals surface area contributed by atoms with Crippen LogP contribution in [-0.4, -0.2) is 16.9 Å². The quantitative estimate of drug-likeness (QED) is 0.416. The van der Waals surface area contributed by atoms with Crippen molar-refractivity contribution in [2.24, 2.45) is 11.8 Å². The summed E-state index contributed by atoms with van der Waals surface area (Å²) in [5.74, 6) is -1.99. The first-order valence-electron chi connectivity index (χ1n) is 9.48. The van der Waals surface area contributed by atoms with Gasteiger partial charge in [0.25, 0.3) is 0 Å². The minimum absolute atomic E-state index is 0.110. The zero-order chi connectivity index (χ0) is 20.7. The maximum Gasteiger partial charge on any atom is 0.417 e. The molecule has 0 heterocycles. The Morgan fingerprint density at radius 1 is 1.18 bits per heavy atom. The number of carbonyl (C=O) groups is 2. The average molecular weight is 400 g/mol. The minimum atomic E-state index is -4.65. The molecule has 1 aromatic carbocycles. The van der Waals surface area contributed by atoms with Crippen molar-refractivity contribution in [1.29, 1.82) is 0 Å². The van der Waals surface area contributed by atoms with Crippen molar-refractivity contribution < 1.29 is 32.3 Å². The van der Waals surface area contributed by atoms with Crippen LogP contribution in [0.5, 0.6) is 0 Å². The molecule has 28 heavy (non-hydrogen) atoms. The van der Waals surface area contributed by atoms with E-state index in [1.54, 1.807) is 6.08 Å². The molecule has 2 rings (SSSR count). The topological polar surface area (TPSA) is 54.4 Å². The minimum Gasteiger partial charge on any atom is -0.481 e. The van der Waals surface area contributed by atoms with E-state index in [-0.39, 0.29) is 29.6 Å². The van der Waals surface area contributed by atoms with Crippen molar-refractivity contribution >= 4 is 17.8 Å². The Balaban J connectivity index is 1.97. The number of allylic oxidation sites excluding steroid dienone is 1. The number of carboxylic acids is 1. The number of carbonyl (C=O) groups excluding carboxylic acids is 1. The van der Waals surface area contributed by atoms with E-state index in [0.29, 0.717) is 31.7 Å². The molecule has 0 amide bonds. The smallest absolute Gasteiger partial charge is 0.417 e. The van der Waals surface area contributed by atoms with Gasteiger partial charge < -0.3 is 5.11 Å². The van der Waals surface area contributed by atoms with Gasteiger partial charge in [0.1, 0.15) is 11.6 Å². The summed E-state index contributed by atoms with van der Waals surface area (Å²) in [5, 5.41) is 8.61. The van der Waals surface area contributed by atoms with Crippen molar-refractivity contribution in [1.82, 2.24) is 0 Å². The lowest BCUT2D eigenvalue weighted by Gasteiger charge is -2.15. The highest BCUT2D eigenvalue weighted by Gasteiger charge is 2.34. The predicted molar refractivity (Wildman–Crippen MR) is 97.0 cm³/mol. The lowest BCUT2D eigenvalue weighted by molar-refractivity contribution is -0.138. The number of benzene rings is 1. The van der Waals surface area contributed by atoms with E-state index in [1.165, 1.54) is 6.08 Å². The van der Waals surface area contributed by atoms with Crippen LogP contribution in [0.2, 0.25) is 0 Å². The SMILES string of the molecule is O=C(O)CCCCCCC1C(=O)CCC1C=Cc1ccc(F)cc1C(F)(F)F. The average Bonchev–Trinajstić information content (AvgIpc) is 2.96. The fraction of sp³-hybridized carbons (Fsp3) is 0.524. The third-order valence-electron chi connectivity index (χ3n) is 5.15. The first kappa shape index (κ1) is 22.1. The Bertz CT molecular complexity index is 725. The number of ketones is 1. The van der Waals surface area contributed by atoms with Gasteiger partial charge in [-0.05, 0) is 42.9 Å². The molecule has 154 valence electrons. The van der Waals surface area contributed by atoms with E-state index in [0.717, 1.165) is 31.4 Å². The molecule has 0 aromatic heterocycles. The Labute approximate surface area is 161 Å². The second-order valence-electron chi connectivity index (χ2n) is 7.21. The number of hydrogen-bond acceptors (Lipinski definition) is 2. The van der Waals surface area contributed by atoms with Crippen LogP contribution in [0, 0.1) is 17.7 Å². The molecule has 1 saturated carbocycles. The largest absolute Gasteiger partial charge is 0.481 e. The third kappa shape index (κ3) is 6.46. The van der Waals surface area contributed by atoms with Crippen LogP contribution >= 0.6 is 0 Å². The van der Waals surface area contributed by atoms with E-state index < -0.39 is 23.5 Å². The molecule has 0 aliphatic heterocycles. The first-order valence-corrected chi connectivity index (χ1v) is 9.48. The fourth-order valence-electron chi connectivity index (χ4n) is 3.68. The Hall–Kier alpha value is -2.18. The Morgan fingerprint density at radius 2 is 1.89 bits per heavy atom. The van der Waals surface area contributed by atoms with Crippen LogP contribution in [-0.2, 0) is 15.8 Å². The molecular weight excluding hydrogens is 376 g/mol. The van der Waals surface area contributed by atoms with Crippen molar-refractivity contribution in [3.05, 3.63) is 41.2 Å². The van der Waals surface area contributed by atoms with Gasteiger partial charge in [-0.25, -0.2) is 4.39 Å². The molecule has 0 spiro atoms. The Kier molecular flexibility index (Phi) is 7.78. The number of aliphatic carboxylic acids is 1. The number of halogens is 4. The van der Waals surface area contributed by atoms with Crippen LogP contribution in [0.3, 0.4) is 0 Å². The lowest BCUT2D eigenvalue weighted by atomic mass is 9.89. The first-order chi connectivity index (χ1) is 13.2. The maximum absolute atomic E-state index is 13.2. The number of rotatable bonds is 9. The van der Waals surface area contributed by atoms with E-state index >= 15 is 0 Å². The lowest BCUT2D eigenvalue weighted by Crippen LogP contribution is -2.13. The highest BCUT2D eigenvalue weighted by Crippen LogP contribution is 2.36. The number of alkyl halides is 3. The van der Waals surface area contributed by atoms with E-state index in [4.69, 9.17) is 5.11 Å². The normalized spacial score (nSPS) is 20.2. The summed E-state index contributed by atoms with van der Waals surface area (Å²) in [6.45, 7) is 0. The Morgan fingerprint density at radius 3 is 2.57 bits per heavy atom. The van der Waals surface area contributed by atoms with Gasteiger partial charge in [-0.2, -0.15) is 13.2 Å². The number of hydrogen-bond donors (Lipinski definition) is 1. The summed E-state index contributed by atoms with van der Waals surface area (Å²) in [6.07, 6.45) is 3.10. The van der Waals surface area contributed by atoms with Crippen molar-refractivity contribution in [2.75, 3.05) is 0 Å². The standard InChI is InChI=1S/C21H24F4O3/c22-16-11-9-15(18(13-16)21(23,24)25)8-7-14-10-12-19(26)17(14)5-3-1-2-4-6-20(27)28/h7-9,11,13-14,17H,1-6,10,12H2,(H,27,28). The van der Waals surface area contributed by atoms with Gasteiger partial charge in [-0.3, -0.25) is 9.59 Å². The highest BCUT2D eigenvalue weighted by molar-refractivity contribution is 5.84. The molecule has 2 atom stereocenters. The molecule has 0 bridgehead atoms. The van der Waals surface area contributed by atoms with Crippen molar-refractivity contribution in [3.63, 3.8) is 0 Å². The molecule has 3 nitrogen and oxygen atoms in total. The van der Waals surface area contributed by atoms with Gasteiger partial charge in [-0.15, -0.1) is 0 Å². The summed E-state index contributed by atoms with van der Waals surface area (Å²) in [6, 6.07) is 2.57. The van der Waals surface area contributed by atoms with Gasteiger partial charge in [0.05, 0.1) is 5.56 Å². The molecule has 1 aliphatic carbocycles. The molecule has 1 fully saturated rings. The molecule has 0 radical (unpaired) electrons. The number of unbranched alkanes of at least 4 members (excludes halogenated alkanes) is 3. The zero-order valence-electron chi connectivity index (χ0n) is 15.5. The maximum atomic E-state index is 13.2. The van der Waals surface area contributed by atoms with Gasteiger partial charge in [0.15, 0.2) is 0 Å². The monoisotopic (exact) mass is 400 g/mol. The van der Waals surface area contributed by atoms with Crippen LogP contribution < -0.4 is 0 Å². The van der Waals surface area contributed by atoms with E-state index in [9.17, 15) is 27.2 Å². The van der Waals surface area contributed by atoms with Crippen molar-refractivity contribution in [3.8, 4) is 0 Å². The van der Waals surface area contributed by atoms with Crippen LogP contribution in [0.25, 0.3) is 6.08 Å². The van der Waals surface area contributed by atoms with Crippen LogP contribution in [0.1, 0.15) is 62.5 Å². The van der Waals surface area contributed by atoms with E-state index in [1.807, 2.05) is 0 Å². The number of Topliss-reactive ketones (excluding diaryl/α,β-unsaturated/α-hetero) is 1. The molecule has 7 heteroatoms. The molecule has 2 unspecified atom stereocenters. The zero-order valence-corrected chi connectivity index (χ0v) is 15.5. The third-order valence-corrected chi connectivity index (χ3v) is 5.15. The van der Waals surface area contributed by atoms with Gasteiger partial charge in [0, 0.05) is 18.8 Å². The molecule has 1 N–H and O–H groups in total. The summed E-state index contributed by atoms with van der Waals surface area (Å²) in [5.41, 5.74) is -1.14. The molecule has 1 aromatic rings. The summed E-state index contributed by atoms with van der Waals surface area (Å²) < 4.78 is 52.5. The second kappa shape index (κ2) is 9.85. The predicted octanol–water partition coefficient (Wildman–Crippen LogP) is 5.88. The number of carboxylic acid groups (broad SMARTS) is 1. The summed E-state index contributed by atoms with van der Waals surface area (Å²) in [4.78, 5) is 22.6. The van der Waals surface area contributed by atoms with Gasteiger partial charge in [-0.1, -0.05) is 37.5 Å². The van der Waals surface area contributed by atoms with Gasteiger partial charge in [0.2, 0.25) is 0 Å². The molecule has 0 saturated heterocycles. The highest BCUT2D eigenvalue weighted by atomic mass is 19.4. The second-order valence-corrected chi connectivity index (χ2v) is 7.21. The summed E-state index contributed by atoms with van der Waals surface area (Å²) >= 11 is 0. The van der Waals surface area contributed by atoms with E-state index in [2.05, 4.69) is 0 Å². The van der Waals surface area contributed by atoms with Crippen LogP contribution in [0.4, 0.5) is 17.6 Å². The summed E-state index contributed by atoms with van der Waals surface area (Å²) in [7, 11) is 0.